The summed E-state index contributed by atoms with van der Waals surface area (Å²) in [6, 6.07) is 0. The third-order valence-electron chi connectivity index (χ3n) is 0.274. The van der Waals surface area contributed by atoms with Crippen LogP contribution in [0.15, 0.2) is 0 Å². The van der Waals surface area contributed by atoms with E-state index in [2.05, 4.69) is 4.58 Å². The van der Waals surface area contributed by atoms with Gasteiger partial charge in [0.1, 0.15) is 0 Å². The average Bonchev–Trinajstić information content (AvgIpc) is 1.71. The van der Waals surface area contributed by atoms with Crippen LogP contribution in [0, 0.1) is 11.8 Å². The standard InChI is InChI=1S/C3H10O2Si.CN/c1-6(2,3)5-4;1-2/h4H,1-3H3;. The van der Waals surface area contributed by atoms with Crippen molar-refractivity contribution in [1.29, 1.82) is 5.26 Å². The maximum atomic E-state index is 7.96. The molecule has 0 unspecified atom stereocenters. The molecule has 1 N–H and O–H groups in total. The van der Waals surface area contributed by atoms with Crippen molar-refractivity contribution >= 4 is 8.32 Å². The molecule has 3 nitrogen and oxygen atoms in total. The highest BCUT2D eigenvalue weighted by Gasteiger charge is 2.12. The van der Waals surface area contributed by atoms with Gasteiger partial charge >= 0.3 is 0 Å². The van der Waals surface area contributed by atoms with E-state index in [1.165, 1.54) is 0 Å². The second-order valence-corrected chi connectivity index (χ2v) is 6.61. The van der Waals surface area contributed by atoms with Crippen LogP contribution < -0.4 is 0 Å². The Morgan fingerprint density at radius 3 is 1.50 bits per heavy atom. The maximum absolute atomic E-state index is 7.96. The van der Waals surface area contributed by atoms with Crippen molar-refractivity contribution in [3.05, 3.63) is 6.57 Å². The number of nitrogens with zero attached hydrogens (tertiary/aromatic N) is 1. The molecular formula is C4H10NO2Si. The minimum Gasteiger partial charge on any atom is -0.290 e. The monoisotopic (exact) mass is 132 g/mol. The summed E-state index contributed by atoms with van der Waals surface area (Å²) >= 11 is 0. The van der Waals surface area contributed by atoms with E-state index in [1.54, 1.807) is 0 Å². The zero-order valence-corrected chi connectivity index (χ0v) is 6.30. The summed E-state index contributed by atoms with van der Waals surface area (Å²) in [5, 5.41) is 14.2. The molecule has 0 atom stereocenters. The fraction of sp³-hybridized carbons (Fsp3) is 0.750. The molecule has 0 aliphatic rings. The first-order valence-electron chi connectivity index (χ1n) is 2.11. The van der Waals surface area contributed by atoms with E-state index in [0.29, 0.717) is 0 Å². The van der Waals surface area contributed by atoms with Gasteiger partial charge < -0.3 is 0 Å². The highest BCUT2D eigenvalue weighted by molar-refractivity contribution is 6.69. The van der Waals surface area contributed by atoms with Gasteiger partial charge in [0.2, 0.25) is 8.32 Å². The summed E-state index contributed by atoms with van der Waals surface area (Å²) in [6.45, 7) is 10.5. The first kappa shape index (κ1) is 10.6. The van der Waals surface area contributed by atoms with Crippen LogP contribution in [0.5, 0.6) is 0 Å². The van der Waals surface area contributed by atoms with Crippen LogP contribution >= 0.6 is 0 Å². The Morgan fingerprint density at radius 1 is 1.38 bits per heavy atom. The summed E-state index contributed by atoms with van der Waals surface area (Å²) < 4.78 is 4.08. The van der Waals surface area contributed by atoms with Gasteiger partial charge in [-0.25, -0.2) is 0 Å². The minimum absolute atomic E-state index is 1.58. The molecule has 0 aliphatic carbocycles. The number of hydrogen-bond acceptors (Lipinski definition) is 3. The fourth-order valence-corrected chi connectivity index (χ4v) is 0. The predicted octanol–water partition coefficient (Wildman–Crippen LogP) is 1.41. The molecule has 0 bridgehead atoms. The van der Waals surface area contributed by atoms with Gasteiger partial charge in [-0.2, -0.15) is 5.26 Å². The second-order valence-electron chi connectivity index (χ2n) is 2.20. The second kappa shape index (κ2) is 4.78. The van der Waals surface area contributed by atoms with Gasteiger partial charge in [0.05, 0.1) is 0 Å². The minimum atomic E-state index is -1.58. The van der Waals surface area contributed by atoms with Crippen LogP contribution in [0.3, 0.4) is 0 Å². The lowest BCUT2D eigenvalue weighted by atomic mass is 11.8. The summed E-state index contributed by atoms with van der Waals surface area (Å²) in [4.78, 5) is 0. The van der Waals surface area contributed by atoms with Crippen LogP contribution in [0.1, 0.15) is 0 Å². The van der Waals surface area contributed by atoms with E-state index in [1.807, 2.05) is 19.6 Å². The van der Waals surface area contributed by atoms with Gasteiger partial charge in [-0.3, -0.25) is 9.83 Å². The molecule has 0 aliphatic heterocycles. The summed E-state index contributed by atoms with van der Waals surface area (Å²) in [6.07, 6.45) is 0. The molecular weight excluding hydrogens is 122 g/mol. The molecule has 0 saturated carbocycles. The first-order chi connectivity index (χ1) is 3.56. The van der Waals surface area contributed by atoms with Crippen LogP contribution in [-0.2, 0) is 4.58 Å². The summed E-state index contributed by atoms with van der Waals surface area (Å²) in [5.74, 6) is 0. The van der Waals surface area contributed by atoms with Gasteiger partial charge in [-0.15, -0.1) is 0 Å². The largest absolute Gasteiger partial charge is 0.290 e. The van der Waals surface area contributed by atoms with E-state index >= 15 is 0 Å². The first-order valence-corrected chi connectivity index (χ1v) is 5.52. The van der Waals surface area contributed by atoms with Crippen LogP contribution in [-0.4, -0.2) is 13.6 Å². The van der Waals surface area contributed by atoms with Gasteiger partial charge in [0.15, 0.2) is 6.57 Å². The van der Waals surface area contributed by atoms with Crippen molar-refractivity contribution in [2.75, 3.05) is 0 Å². The Morgan fingerprint density at radius 2 is 1.50 bits per heavy atom. The van der Waals surface area contributed by atoms with Crippen molar-refractivity contribution in [3.63, 3.8) is 0 Å². The van der Waals surface area contributed by atoms with Crippen LogP contribution in [0.4, 0.5) is 0 Å². The fourth-order valence-electron chi connectivity index (χ4n) is 0. The normalized spacial score (nSPS) is 9.25. The molecule has 0 rings (SSSR count). The summed E-state index contributed by atoms with van der Waals surface area (Å²) in [7, 11) is -1.58. The zero-order chi connectivity index (χ0) is 7.21. The SMILES string of the molecule is C[Si](C)(C)OO.[C]#N. The van der Waals surface area contributed by atoms with Crippen molar-refractivity contribution in [2.24, 2.45) is 0 Å². The average molecular weight is 132 g/mol. The molecule has 0 fully saturated rings. The molecule has 1 radical (unpaired) electrons. The third-order valence-corrected chi connectivity index (χ3v) is 0.822. The number of hydrogen-bond donors (Lipinski definition) is 1. The van der Waals surface area contributed by atoms with E-state index in [-0.39, 0.29) is 0 Å². The molecule has 8 heavy (non-hydrogen) atoms. The Kier molecular flexibility index (Phi) is 6.32. The Labute approximate surface area is 50.6 Å². The smallest absolute Gasteiger partial charge is 0.229 e. The van der Waals surface area contributed by atoms with E-state index in [0.717, 1.165) is 0 Å². The quantitative estimate of drug-likeness (QED) is 0.333. The van der Waals surface area contributed by atoms with E-state index < -0.39 is 8.32 Å². The van der Waals surface area contributed by atoms with Gasteiger partial charge in [0.25, 0.3) is 0 Å². The molecule has 47 valence electrons. The van der Waals surface area contributed by atoms with Crippen molar-refractivity contribution in [1.82, 2.24) is 0 Å². The lowest BCUT2D eigenvalue weighted by Gasteiger charge is -2.07. The van der Waals surface area contributed by atoms with Crippen molar-refractivity contribution in [3.8, 4) is 0 Å². The van der Waals surface area contributed by atoms with E-state index in [9.17, 15) is 0 Å². The predicted molar refractivity (Wildman–Crippen MR) is 32.0 cm³/mol. The topological polar surface area (TPSA) is 53.2 Å². The lowest BCUT2D eigenvalue weighted by molar-refractivity contribution is -0.149. The molecule has 0 aromatic heterocycles. The van der Waals surface area contributed by atoms with E-state index in [4.69, 9.17) is 17.1 Å². The Balaban J connectivity index is 0. The van der Waals surface area contributed by atoms with Crippen LogP contribution in [0.2, 0.25) is 19.6 Å². The molecule has 0 aromatic rings. The molecule has 0 aromatic carbocycles. The third kappa shape index (κ3) is 17.5. The number of rotatable bonds is 1. The maximum Gasteiger partial charge on any atom is 0.229 e. The Bertz CT molecular complexity index is 66.2. The van der Waals surface area contributed by atoms with Gasteiger partial charge in [-0.1, -0.05) is 0 Å². The highest BCUT2D eigenvalue weighted by Crippen LogP contribution is 1.97. The van der Waals surface area contributed by atoms with Gasteiger partial charge in [-0.05, 0) is 19.6 Å². The highest BCUT2D eigenvalue weighted by atomic mass is 28.4. The lowest BCUT2D eigenvalue weighted by Crippen LogP contribution is -2.22. The Hall–Kier alpha value is -0.373. The van der Waals surface area contributed by atoms with Crippen molar-refractivity contribution in [2.45, 2.75) is 19.6 Å². The molecule has 0 saturated heterocycles. The van der Waals surface area contributed by atoms with Crippen molar-refractivity contribution < 1.29 is 9.83 Å². The van der Waals surface area contributed by atoms with Crippen LogP contribution in [0.25, 0.3) is 0 Å². The molecule has 0 amide bonds. The van der Waals surface area contributed by atoms with Gasteiger partial charge in [0, 0.05) is 0 Å². The molecule has 4 heteroatoms. The zero-order valence-electron chi connectivity index (χ0n) is 5.30. The molecule has 0 heterocycles. The molecule has 0 spiro atoms. The summed E-state index contributed by atoms with van der Waals surface area (Å²) in [5.41, 5.74) is 0.